The minimum atomic E-state index is 0.0419. The van der Waals surface area contributed by atoms with Gasteiger partial charge in [0, 0.05) is 12.2 Å². The van der Waals surface area contributed by atoms with E-state index in [1.165, 1.54) is 0 Å². The highest BCUT2D eigenvalue weighted by Crippen LogP contribution is 2.28. The van der Waals surface area contributed by atoms with Crippen LogP contribution in [0.1, 0.15) is 13.3 Å². The molecule has 2 rings (SSSR count). The van der Waals surface area contributed by atoms with Crippen molar-refractivity contribution in [2.24, 2.45) is 5.92 Å². The molecule has 1 atom stereocenters. The molecule has 0 spiro atoms. The predicted octanol–water partition coefficient (Wildman–Crippen LogP) is 2.29. The van der Waals surface area contributed by atoms with Gasteiger partial charge < -0.3 is 15.4 Å². The van der Waals surface area contributed by atoms with E-state index < -0.39 is 0 Å². The van der Waals surface area contributed by atoms with Crippen LogP contribution in [0.15, 0.2) is 18.2 Å². The summed E-state index contributed by atoms with van der Waals surface area (Å²) in [5.41, 5.74) is 0.709. The fraction of sp³-hybridized carbons (Fsp3) is 0.462. The predicted molar refractivity (Wildman–Crippen MR) is 72.2 cm³/mol. The topological polar surface area (TPSA) is 50.4 Å². The van der Waals surface area contributed by atoms with E-state index in [4.69, 9.17) is 16.3 Å². The number of halogens is 1. The lowest BCUT2D eigenvalue weighted by molar-refractivity contribution is -0.119. The summed E-state index contributed by atoms with van der Waals surface area (Å²) in [5.74, 6) is 0.732. The van der Waals surface area contributed by atoms with Gasteiger partial charge in [-0.25, -0.2) is 0 Å². The quantitative estimate of drug-likeness (QED) is 0.881. The van der Waals surface area contributed by atoms with Crippen LogP contribution < -0.4 is 15.4 Å². The van der Waals surface area contributed by atoms with E-state index in [-0.39, 0.29) is 11.8 Å². The van der Waals surface area contributed by atoms with Gasteiger partial charge in [-0.15, -0.1) is 0 Å². The van der Waals surface area contributed by atoms with Gasteiger partial charge in [0.25, 0.3) is 0 Å². The van der Waals surface area contributed by atoms with Crippen LogP contribution in [0.5, 0.6) is 5.75 Å². The monoisotopic (exact) mass is 268 g/mol. The maximum atomic E-state index is 11.9. The van der Waals surface area contributed by atoms with Gasteiger partial charge in [-0.05, 0) is 38.1 Å². The molecule has 5 heteroatoms. The Labute approximate surface area is 112 Å². The third-order valence-electron chi connectivity index (χ3n) is 2.93. The first kappa shape index (κ1) is 13.2. The molecule has 1 fully saturated rings. The van der Waals surface area contributed by atoms with Crippen molar-refractivity contribution in [3.8, 4) is 5.75 Å². The second kappa shape index (κ2) is 6.07. The van der Waals surface area contributed by atoms with Gasteiger partial charge in [-0.1, -0.05) is 11.6 Å². The summed E-state index contributed by atoms with van der Waals surface area (Å²) in [4.78, 5) is 11.9. The summed E-state index contributed by atoms with van der Waals surface area (Å²) in [7, 11) is 0. The van der Waals surface area contributed by atoms with E-state index in [0.29, 0.717) is 23.1 Å². The number of rotatable bonds is 4. The number of carbonyl (C=O) groups excluding carboxylic acids is 1. The summed E-state index contributed by atoms with van der Waals surface area (Å²) >= 11 is 6.06. The molecular formula is C13H17ClN2O2. The lowest BCUT2D eigenvalue weighted by atomic mass is 10.1. The molecule has 98 valence electrons. The largest absolute Gasteiger partial charge is 0.492 e. The molecule has 1 saturated heterocycles. The van der Waals surface area contributed by atoms with Gasteiger partial charge in [0.1, 0.15) is 5.75 Å². The fourth-order valence-corrected chi connectivity index (χ4v) is 2.21. The maximum Gasteiger partial charge on any atom is 0.228 e. The summed E-state index contributed by atoms with van der Waals surface area (Å²) in [6, 6.07) is 5.29. The zero-order chi connectivity index (χ0) is 13.0. The Hall–Kier alpha value is -1.26. The number of hydrogen-bond acceptors (Lipinski definition) is 3. The average molecular weight is 269 g/mol. The Kier molecular flexibility index (Phi) is 4.44. The minimum absolute atomic E-state index is 0.0419. The third-order valence-corrected chi connectivity index (χ3v) is 3.23. The first-order valence-corrected chi connectivity index (χ1v) is 6.52. The lowest BCUT2D eigenvalue weighted by Gasteiger charge is -2.11. The van der Waals surface area contributed by atoms with Gasteiger partial charge in [0.05, 0.1) is 17.5 Å². The molecule has 0 radical (unpaired) electrons. The highest BCUT2D eigenvalue weighted by molar-refractivity contribution is 6.32. The number of nitrogens with one attached hydrogen (secondary N) is 2. The van der Waals surface area contributed by atoms with E-state index in [1.807, 2.05) is 6.92 Å². The Morgan fingerprint density at radius 3 is 3.06 bits per heavy atom. The number of hydrogen-bond donors (Lipinski definition) is 2. The molecule has 2 N–H and O–H groups in total. The fourth-order valence-electron chi connectivity index (χ4n) is 1.97. The first-order valence-electron chi connectivity index (χ1n) is 6.14. The summed E-state index contributed by atoms with van der Waals surface area (Å²) in [5, 5.41) is 6.56. The van der Waals surface area contributed by atoms with E-state index in [0.717, 1.165) is 19.5 Å². The smallest absolute Gasteiger partial charge is 0.228 e. The van der Waals surface area contributed by atoms with Crippen LogP contribution in [0, 0.1) is 5.92 Å². The van der Waals surface area contributed by atoms with E-state index >= 15 is 0 Å². The lowest BCUT2D eigenvalue weighted by Crippen LogP contribution is -2.24. The molecule has 0 aliphatic carbocycles. The molecule has 1 aliphatic heterocycles. The molecule has 1 unspecified atom stereocenters. The Morgan fingerprint density at radius 2 is 2.44 bits per heavy atom. The van der Waals surface area contributed by atoms with Gasteiger partial charge >= 0.3 is 0 Å². The number of amides is 1. The van der Waals surface area contributed by atoms with Crippen molar-refractivity contribution < 1.29 is 9.53 Å². The number of anilines is 1. The van der Waals surface area contributed by atoms with Crippen LogP contribution in [0.3, 0.4) is 0 Å². The van der Waals surface area contributed by atoms with Gasteiger partial charge in [-0.3, -0.25) is 4.79 Å². The van der Waals surface area contributed by atoms with Crippen LogP contribution in [-0.2, 0) is 4.79 Å². The van der Waals surface area contributed by atoms with Crippen LogP contribution in [0.25, 0.3) is 0 Å². The molecule has 4 nitrogen and oxygen atoms in total. The van der Waals surface area contributed by atoms with Gasteiger partial charge in [0.15, 0.2) is 0 Å². The molecule has 0 aromatic heterocycles. The number of benzene rings is 1. The molecule has 18 heavy (non-hydrogen) atoms. The number of ether oxygens (including phenoxy) is 1. The van der Waals surface area contributed by atoms with Crippen LogP contribution >= 0.6 is 11.6 Å². The third kappa shape index (κ3) is 3.15. The van der Waals surface area contributed by atoms with E-state index in [2.05, 4.69) is 10.6 Å². The second-order valence-electron chi connectivity index (χ2n) is 4.26. The van der Waals surface area contributed by atoms with Crippen LogP contribution in [-0.4, -0.2) is 25.6 Å². The highest BCUT2D eigenvalue weighted by atomic mass is 35.5. The summed E-state index contributed by atoms with van der Waals surface area (Å²) in [6.07, 6.45) is 0.886. The molecule has 1 aliphatic rings. The van der Waals surface area contributed by atoms with Crippen molar-refractivity contribution >= 4 is 23.2 Å². The maximum absolute atomic E-state index is 11.9. The van der Waals surface area contributed by atoms with E-state index in [1.54, 1.807) is 18.2 Å². The molecule has 0 bridgehead atoms. The summed E-state index contributed by atoms with van der Waals surface area (Å²) < 4.78 is 5.34. The second-order valence-corrected chi connectivity index (χ2v) is 4.66. The first-order chi connectivity index (χ1) is 8.70. The van der Waals surface area contributed by atoms with Crippen molar-refractivity contribution in [3.63, 3.8) is 0 Å². The SMILES string of the molecule is CCOc1ccc(NC(=O)C2CCNC2)cc1Cl. The Balaban J connectivity index is 2.00. The molecule has 1 aromatic rings. The molecule has 0 saturated carbocycles. The average Bonchev–Trinajstić information content (AvgIpc) is 2.86. The standard InChI is InChI=1S/C13H17ClN2O2/c1-2-18-12-4-3-10(7-11(12)14)16-13(17)9-5-6-15-8-9/h3-4,7,9,15H,2,5-6,8H2,1H3,(H,16,17). The molecule has 1 aromatic carbocycles. The zero-order valence-corrected chi connectivity index (χ0v) is 11.1. The minimum Gasteiger partial charge on any atom is -0.492 e. The summed E-state index contributed by atoms with van der Waals surface area (Å²) in [6.45, 7) is 4.12. The molecule has 1 heterocycles. The van der Waals surface area contributed by atoms with E-state index in [9.17, 15) is 4.79 Å². The highest BCUT2D eigenvalue weighted by Gasteiger charge is 2.22. The molecular weight excluding hydrogens is 252 g/mol. The van der Waals surface area contributed by atoms with Crippen molar-refractivity contribution in [1.82, 2.24) is 5.32 Å². The normalized spacial score (nSPS) is 18.7. The van der Waals surface area contributed by atoms with Gasteiger partial charge in [0.2, 0.25) is 5.91 Å². The van der Waals surface area contributed by atoms with Crippen LogP contribution in [0.2, 0.25) is 5.02 Å². The Bertz CT molecular complexity index is 431. The van der Waals surface area contributed by atoms with Crippen molar-refractivity contribution in [3.05, 3.63) is 23.2 Å². The van der Waals surface area contributed by atoms with Crippen molar-refractivity contribution in [2.45, 2.75) is 13.3 Å². The van der Waals surface area contributed by atoms with Crippen molar-refractivity contribution in [2.75, 3.05) is 25.0 Å². The van der Waals surface area contributed by atoms with Crippen LogP contribution in [0.4, 0.5) is 5.69 Å². The molecule has 1 amide bonds. The Morgan fingerprint density at radius 1 is 1.61 bits per heavy atom. The van der Waals surface area contributed by atoms with Crippen molar-refractivity contribution in [1.29, 1.82) is 0 Å². The zero-order valence-electron chi connectivity index (χ0n) is 10.3. The number of carbonyl (C=O) groups is 1. The van der Waals surface area contributed by atoms with Gasteiger partial charge in [-0.2, -0.15) is 0 Å².